The van der Waals surface area contributed by atoms with Crippen molar-refractivity contribution in [1.29, 1.82) is 0 Å². The molecule has 1 fully saturated rings. The van der Waals surface area contributed by atoms with Crippen LogP contribution >= 0.6 is 0 Å². The second-order valence-corrected chi connectivity index (χ2v) is 7.12. The molecule has 2 aromatic carbocycles. The van der Waals surface area contributed by atoms with Gasteiger partial charge in [0.2, 0.25) is 6.41 Å². The summed E-state index contributed by atoms with van der Waals surface area (Å²) in [5.41, 5.74) is 3.34. The Morgan fingerprint density at radius 3 is 2.52 bits per heavy atom. The Labute approximate surface area is 159 Å². The van der Waals surface area contributed by atoms with E-state index >= 15 is 0 Å². The number of aliphatic hydroxyl groups excluding tert-OH is 1. The second kappa shape index (κ2) is 9.11. The van der Waals surface area contributed by atoms with Crippen LogP contribution in [0.15, 0.2) is 48.5 Å². The summed E-state index contributed by atoms with van der Waals surface area (Å²) < 4.78 is 18.2. The average Bonchev–Trinajstić information content (AvgIpc) is 2.70. The number of benzene rings is 2. The zero-order chi connectivity index (χ0) is 19.2. The van der Waals surface area contributed by atoms with Gasteiger partial charge < -0.3 is 14.7 Å². The van der Waals surface area contributed by atoms with E-state index in [0.29, 0.717) is 19.3 Å². The van der Waals surface area contributed by atoms with E-state index in [1.807, 2.05) is 25.1 Å². The van der Waals surface area contributed by atoms with Gasteiger partial charge in [0.15, 0.2) is 0 Å². The standard InChI is InChI=1S/C16H14FNO.C6H12O2/c17-14-7-5-13(6-8-14)16-15-4-2-1-3-12(15)9-10-18(16)11-19;1-5-2-3-6(7)4-8-5/h1-8,11,16H,9-10H2;5-7H,2-4H2,1H3/t16-;/m0./s1. The van der Waals surface area contributed by atoms with Crippen LogP contribution in [0, 0.1) is 5.82 Å². The van der Waals surface area contributed by atoms with E-state index in [-0.39, 0.29) is 18.0 Å². The molecule has 144 valence electrons. The predicted octanol–water partition coefficient (Wildman–Crippen LogP) is 3.48. The van der Waals surface area contributed by atoms with Crippen molar-refractivity contribution in [3.8, 4) is 0 Å². The molecule has 2 heterocycles. The predicted molar refractivity (Wildman–Crippen MR) is 102 cm³/mol. The third-order valence-electron chi connectivity index (χ3n) is 5.12. The van der Waals surface area contributed by atoms with Gasteiger partial charge in [-0.05, 0) is 55.0 Å². The maximum atomic E-state index is 13.0. The summed E-state index contributed by atoms with van der Waals surface area (Å²) in [4.78, 5) is 13.0. The molecule has 2 unspecified atom stereocenters. The molecule has 2 aliphatic heterocycles. The lowest BCUT2D eigenvalue weighted by Gasteiger charge is -2.35. The molecule has 0 radical (unpaired) electrons. The van der Waals surface area contributed by atoms with E-state index in [0.717, 1.165) is 36.8 Å². The number of halogens is 1. The number of amides is 1. The average molecular weight is 371 g/mol. The van der Waals surface area contributed by atoms with Gasteiger partial charge in [0.25, 0.3) is 0 Å². The monoisotopic (exact) mass is 371 g/mol. The second-order valence-electron chi connectivity index (χ2n) is 7.12. The maximum Gasteiger partial charge on any atom is 0.210 e. The number of carbonyl (C=O) groups excluding carboxylic acids is 1. The zero-order valence-corrected chi connectivity index (χ0v) is 15.6. The van der Waals surface area contributed by atoms with E-state index in [1.165, 1.54) is 17.7 Å². The van der Waals surface area contributed by atoms with Crippen molar-refractivity contribution in [1.82, 2.24) is 4.90 Å². The van der Waals surface area contributed by atoms with Crippen molar-refractivity contribution < 1.29 is 19.0 Å². The van der Waals surface area contributed by atoms with Crippen LogP contribution in [0.5, 0.6) is 0 Å². The van der Waals surface area contributed by atoms with E-state index in [1.54, 1.807) is 17.0 Å². The van der Waals surface area contributed by atoms with E-state index in [4.69, 9.17) is 9.84 Å². The number of hydrogen-bond donors (Lipinski definition) is 1. The van der Waals surface area contributed by atoms with Gasteiger partial charge in [0.05, 0.1) is 24.9 Å². The molecule has 4 rings (SSSR count). The number of fused-ring (bicyclic) bond motifs is 1. The van der Waals surface area contributed by atoms with Crippen molar-refractivity contribution in [2.24, 2.45) is 0 Å². The fourth-order valence-corrected chi connectivity index (χ4v) is 3.58. The number of aliphatic hydroxyl groups is 1. The first-order valence-electron chi connectivity index (χ1n) is 9.42. The van der Waals surface area contributed by atoms with Crippen LogP contribution in [-0.2, 0) is 16.0 Å². The zero-order valence-electron chi connectivity index (χ0n) is 15.6. The summed E-state index contributed by atoms with van der Waals surface area (Å²) >= 11 is 0. The van der Waals surface area contributed by atoms with E-state index in [9.17, 15) is 9.18 Å². The Morgan fingerprint density at radius 2 is 1.89 bits per heavy atom. The third-order valence-corrected chi connectivity index (χ3v) is 5.12. The molecule has 0 aliphatic carbocycles. The summed E-state index contributed by atoms with van der Waals surface area (Å²) in [7, 11) is 0. The lowest BCUT2D eigenvalue weighted by atomic mass is 9.88. The molecule has 5 heteroatoms. The van der Waals surface area contributed by atoms with E-state index in [2.05, 4.69) is 6.07 Å². The maximum absolute atomic E-state index is 13.0. The topological polar surface area (TPSA) is 49.8 Å². The summed E-state index contributed by atoms with van der Waals surface area (Å²) in [6.07, 6.45) is 3.81. The Kier molecular flexibility index (Phi) is 6.58. The van der Waals surface area contributed by atoms with Crippen molar-refractivity contribution in [2.75, 3.05) is 13.2 Å². The fourth-order valence-electron chi connectivity index (χ4n) is 3.58. The summed E-state index contributed by atoms with van der Waals surface area (Å²) in [5.74, 6) is -0.259. The number of rotatable bonds is 2. The molecule has 1 amide bonds. The van der Waals surface area contributed by atoms with Gasteiger partial charge in [-0.2, -0.15) is 0 Å². The SMILES string of the molecule is CC1CCC(O)CO1.O=CN1CCc2ccccc2[C@@H]1c1ccc(F)cc1. The Morgan fingerprint density at radius 1 is 1.15 bits per heavy atom. The van der Waals surface area contributed by atoms with Crippen molar-refractivity contribution in [3.63, 3.8) is 0 Å². The van der Waals surface area contributed by atoms with Crippen LogP contribution in [0.25, 0.3) is 0 Å². The normalized spacial score (nSPS) is 24.4. The molecule has 0 bridgehead atoms. The van der Waals surface area contributed by atoms with Crippen LogP contribution in [0.4, 0.5) is 4.39 Å². The lowest BCUT2D eigenvalue weighted by Crippen LogP contribution is -2.34. The summed E-state index contributed by atoms with van der Waals surface area (Å²) in [6, 6.07) is 14.4. The van der Waals surface area contributed by atoms with Gasteiger partial charge in [0, 0.05) is 6.54 Å². The Balaban J connectivity index is 0.000000221. The smallest absolute Gasteiger partial charge is 0.210 e. The highest BCUT2D eigenvalue weighted by Crippen LogP contribution is 2.34. The highest BCUT2D eigenvalue weighted by molar-refractivity contribution is 5.54. The molecule has 0 spiro atoms. The molecule has 0 saturated carbocycles. The molecule has 0 aromatic heterocycles. The summed E-state index contributed by atoms with van der Waals surface area (Å²) in [6.45, 7) is 3.26. The quantitative estimate of drug-likeness (QED) is 0.823. The highest BCUT2D eigenvalue weighted by atomic mass is 19.1. The fraction of sp³-hybridized carbons (Fsp3) is 0.409. The highest BCUT2D eigenvalue weighted by Gasteiger charge is 2.27. The van der Waals surface area contributed by atoms with Crippen LogP contribution in [-0.4, -0.2) is 41.8 Å². The van der Waals surface area contributed by atoms with Crippen molar-refractivity contribution >= 4 is 6.41 Å². The first-order valence-corrected chi connectivity index (χ1v) is 9.42. The van der Waals surface area contributed by atoms with Gasteiger partial charge in [-0.1, -0.05) is 36.4 Å². The molecular weight excluding hydrogens is 345 g/mol. The van der Waals surface area contributed by atoms with Crippen molar-refractivity contribution in [2.45, 2.75) is 44.4 Å². The molecule has 2 aromatic rings. The molecule has 1 N–H and O–H groups in total. The molecule has 27 heavy (non-hydrogen) atoms. The number of ether oxygens (including phenoxy) is 1. The Hall–Kier alpha value is -2.24. The number of nitrogens with zero attached hydrogens (tertiary/aromatic N) is 1. The molecule has 2 aliphatic rings. The number of carbonyl (C=O) groups is 1. The minimum absolute atomic E-state index is 0.108. The summed E-state index contributed by atoms with van der Waals surface area (Å²) in [5, 5.41) is 8.90. The van der Waals surface area contributed by atoms with E-state index < -0.39 is 0 Å². The van der Waals surface area contributed by atoms with Crippen molar-refractivity contribution in [3.05, 3.63) is 71.0 Å². The molecule has 1 saturated heterocycles. The molecular formula is C22H26FNO3. The first kappa shape index (κ1) is 19.5. The Bertz CT molecular complexity index is 731. The minimum atomic E-state index is -0.259. The largest absolute Gasteiger partial charge is 0.391 e. The van der Waals surface area contributed by atoms with Crippen LogP contribution in [0.2, 0.25) is 0 Å². The van der Waals surface area contributed by atoms with Gasteiger partial charge in [-0.15, -0.1) is 0 Å². The first-order chi connectivity index (χ1) is 13.1. The van der Waals surface area contributed by atoms with Gasteiger partial charge in [-0.3, -0.25) is 4.79 Å². The van der Waals surface area contributed by atoms with Crippen LogP contribution < -0.4 is 0 Å². The molecule has 3 atom stereocenters. The third kappa shape index (κ3) is 4.93. The van der Waals surface area contributed by atoms with Crippen LogP contribution in [0.1, 0.15) is 42.5 Å². The molecule has 4 nitrogen and oxygen atoms in total. The van der Waals surface area contributed by atoms with Gasteiger partial charge in [0.1, 0.15) is 5.82 Å². The van der Waals surface area contributed by atoms with Gasteiger partial charge >= 0.3 is 0 Å². The van der Waals surface area contributed by atoms with Crippen LogP contribution in [0.3, 0.4) is 0 Å². The minimum Gasteiger partial charge on any atom is -0.391 e. The van der Waals surface area contributed by atoms with Gasteiger partial charge in [-0.25, -0.2) is 4.39 Å². The lowest BCUT2D eigenvalue weighted by molar-refractivity contribution is -0.119. The number of hydrogen-bond acceptors (Lipinski definition) is 3.